The average molecular weight is 170 g/mol. The maximum atomic E-state index is 11.0. The third-order valence-electron chi connectivity index (χ3n) is 2.71. The standard InChI is InChI=1S/C10H18O2/c1-2-4-10(9-11)5-3-7-12-8-6-10/h9H,2-8H2,1H3. The van der Waals surface area contributed by atoms with Gasteiger partial charge in [-0.2, -0.15) is 0 Å². The number of rotatable bonds is 3. The SMILES string of the molecule is CCCC1(C=O)CCCOCC1. The van der Waals surface area contributed by atoms with Crippen molar-refractivity contribution in [3.8, 4) is 0 Å². The van der Waals surface area contributed by atoms with E-state index < -0.39 is 0 Å². The van der Waals surface area contributed by atoms with Crippen molar-refractivity contribution in [1.29, 1.82) is 0 Å². The van der Waals surface area contributed by atoms with Crippen molar-refractivity contribution in [2.45, 2.75) is 39.0 Å². The Bertz CT molecular complexity index is 135. The highest BCUT2D eigenvalue weighted by molar-refractivity contribution is 5.59. The third-order valence-corrected chi connectivity index (χ3v) is 2.71. The average Bonchev–Trinajstić information content (AvgIpc) is 2.32. The molecule has 12 heavy (non-hydrogen) atoms. The smallest absolute Gasteiger partial charge is 0.126 e. The highest BCUT2D eigenvalue weighted by atomic mass is 16.5. The lowest BCUT2D eigenvalue weighted by atomic mass is 9.78. The molecule has 0 saturated carbocycles. The van der Waals surface area contributed by atoms with E-state index in [1.165, 1.54) is 0 Å². The van der Waals surface area contributed by atoms with Crippen LogP contribution < -0.4 is 0 Å². The maximum Gasteiger partial charge on any atom is 0.126 e. The number of hydrogen-bond donors (Lipinski definition) is 0. The van der Waals surface area contributed by atoms with Crippen molar-refractivity contribution in [1.82, 2.24) is 0 Å². The highest BCUT2D eigenvalue weighted by Gasteiger charge is 2.29. The van der Waals surface area contributed by atoms with Crippen LogP contribution in [0.2, 0.25) is 0 Å². The summed E-state index contributed by atoms with van der Waals surface area (Å²) in [6.45, 7) is 3.73. The van der Waals surface area contributed by atoms with Gasteiger partial charge in [0.2, 0.25) is 0 Å². The van der Waals surface area contributed by atoms with Crippen molar-refractivity contribution < 1.29 is 9.53 Å². The molecule has 2 nitrogen and oxygen atoms in total. The molecular formula is C10H18O2. The number of carbonyl (C=O) groups excluding carboxylic acids is 1. The zero-order valence-electron chi connectivity index (χ0n) is 7.84. The second-order valence-electron chi connectivity index (χ2n) is 3.70. The largest absolute Gasteiger partial charge is 0.381 e. The van der Waals surface area contributed by atoms with Gasteiger partial charge < -0.3 is 9.53 Å². The molecular weight excluding hydrogens is 152 g/mol. The summed E-state index contributed by atoms with van der Waals surface area (Å²) in [6, 6.07) is 0. The van der Waals surface area contributed by atoms with Gasteiger partial charge in [0.05, 0.1) is 0 Å². The van der Waals surface area contributed by atoms with Crippen LogP contribution in [-0.2, 0) is 9.53 Å². The van der Waals surface area contributed by atoms with Gasteiger partial charge in [0.25, 0.3) is 0 Å². The van der Waals surface area contributed by atoms with Gasteiger partial charge in [-0.3, -0.25) is 0 Å². The lowest BCUT2D eigenvalue weighted by Gasteiger charge is -2.24. The van der Waals surface area contributed by atoms with Gasteiger partial charge in [-0.15, -0.1) is 0 Å². The summed E-state index contributed by atoms with van der Waals surface area (Å²) in [6.07, 6.45) is 6.26. The van der Waals surface area contributed by atoms with Gasteiger partial charge >= 0.3 is 0 Å². The molecule has 0 spiro atoms. The van der Waals surface area contributed by atoms with E-state index in [0.717, 1.165) is 51.6 Å². The molecule has 1 aliphatic rings. The van der Waals surface area contributed by atoms with E-state index in [9.17, 15) is 4.79 Å². The Kier molecular flexibility index (Phi) is 3.73. The minimum atomic E-state index is -0.0503. The van der Waals surface area contributed by atoms with Crippen molar-refractivity contribution in [3.63, 3.8) is 0 Å². The van der Waals surface area contributed by atoms with Crippen LogP contribution in [0.3, 0.4) is 0 Å². The zero-order chi connectivity index (χ0) is 8.86. The summed E-state index contributed by atoms with van der Waals surface area (Å²) in [5.41, 5.74) is -0.0503. The molecule has 0 aromatic heterocycles. The van der Waals surface area contributed by atoms with Gasteiger partial charge in [-0.25, -0.2) is 0 Å². The molecule has 1 rings (SSSR count). The molecule has 0 bridgehead atoms. The zero-order valence-corrected chi connectivity index (χ0v) is 7.84. The molecule has 0 amide bonds. The van der Waals surface area contributed by atoms with Crippen molar-refractivity contribution >= 4 is 6.29 Å². The lowest BCUT2D eigenvalue weighted by Crippen LogP contribution is -2.22. The molecule has 1 saturated heterocycles. The highest BCUT2D eigenvalue weighted by Crippen LogP contribution is 2.33. The Balaban J connectivity index is 2.54. The Morgan fingerprint density at radius 2 is 2.25 bits per heavy atom. The number of hydrogen-bond acceptors (Lipinski definition) is 2. The summed E-state index contributed by atoms with van der Waals surface area (Å²) in [5, 5.41) is 0. The Morgan fingerprint density at radius 1 is 1.42 bits per heavy atom. The Hall–Kier alpha value is -0.370. The van der Waals surface area contributed by atoms with E-state index >= 15 is 0 Å². The number of ether oxygens (including phenoxy) is 1. The summed E-state index contributed by atoms with van der Waals surface area (Å²) >= 11 is 0. The fourth-order valence-corrected chi connectivity index (χ4v) is 1.95. The second kappa shape index (κ2) is 4.61. The lowest BCUT2D eigenvalue weighted by molar-refractivity contribution is -0.117. The minimum absolute atomic E-state index is 0.0503. The predicted molar refractivity (Wildman–Crippen MR) is 48.1 cm³/mol. The van der Waals surface area contributed by atoms with Gasteiger partial charge in [-0.1, -0.05) is 13.3 Å². The van der Waals surface area contributed by atoms with Crippen LogP contribution >= 0.6 is 0 Å². The molecule has 0 aliphatic carbocycles. The fraction of sp³-hybridized carbons (Fsp3) is 0.900. The first-order valence-electron chi connectivity index (χ1n) is 4.87. The molecule has 1 atom stereocenters. The molecule has 1 fully saturated rings. The van der Waals surface area contributed by atoms with Crippen LogP contribution in [0, 0.1) is 5.41 Å². The van der Waals surface area contributed by atoms with Crippen LogP contribution in [0.25, 0.3) is 0 Å². The van der Waals surface area contributed by atoms with Crippen LogP contribution in [0.5, 0.6) is 0 Å². The minimum Gasteiger partial charge on any atom is -0.381 e. The molecule has 0 radical (unpaired) electrons. The van der Waals surface area contributed by atoms with E-state index in [1.54, 1.807) is 0 Å². The first-order valence-corrected chi connectivity index (χ1v) is 4.87. The monoisotopic (exact) mass is 170 g/mol. The maximum absolute atomic E-state index is 11.0. The van der Waals surface area contributed by atoms with Crippen molar-refractivity contribution in [3.05, 3.63) is 0 Å². The van der Waals surface area contributed by atoms with Crippen LogP contribution in [-0.4, -0.2) is 19.5 Å². The molecule has 0 aromatic carbocycles. The van der Waals surface area contributed by atoms with E-state index in [1.807, 2.05) is 0 Å². The van der Waals surface area contributed by atoms with E-state index in [-0.39, 0.29) is 5.41 Å². The first kappa shape index (κ1) is 9.72. The number of aldehydes is 1. The van der Waals surface area contributed by atoms with Gasteiger partial charge in [0.1, 0.15) is 6.29 Å². The van der Waals surface area contributed by atoms with Crippen LogP contribution in [0.15, 0.2) is 0 Å². The van der Waals surface area contributed by atoms with Gasteiger partial charge in [0.15, 0.2) is 0 Å². The first-order chi connectivity index (χ1) is 5.83. The quantitative estimate of drug-likeness (QED) is 0.607. The summed E-state index contributed by atoms with van der Waals surface area (Å²) in [5.74, 6) is 0. The van der Waals surface area contributed by atoms with Gasteiger partial charge in [0, 0.05) is 18.6 Å². The van der Waals surface area contributed by atoms with Crippen molar-refractivity contribution in [2.24, 2.45) is 5.41 Å². The van der Waals surface area contributed by atoms with Crippen LogP contribution in [0.4, 0.5) is 0 Å². The molecule has 0 N–H and O–H groups in total. The summed E-state index contributed by atoms with van der Waals surface area (Å²) in [4.78, 5) is 11.0. The van der Waals surface area contributed by atoms with Crippen molar-refractivity contribution in [2.75, 3.05) is 13.2 Å². The number of carbonyl (C=O) groups is 1. The van der Waals surface area contributed by atoms with E-state index in [0.29, 0.717) is 0 Å². The Morgan fingerprint density at radius 3 is 2.92 bits per heavy atom. The molecule has 1 aliphatic heterocycles. The second-order valence-corrected chi connectivity index (χ2v) is 3.70. The van der Waals surface area contributed by atoms with E-state index in [4.69, 9.17) is 4.74 Å². The van der Waals surface area contributed by atoms with Gasteiger partial charge in [-0.05, 0) is 25.7 Å². The molecule has 2 heteroatoms. The molecule has 70 valence electrons. The third kappa shape index (κ3) is 2.31. The Labute approximate surface area is 74.3 Å². The molecule has 1 unspecified atom stereocenters. The van der Waals surface area contributed by atoms with Crippen LogP contribution in [0.1, 0.15) is 39.0 Å². The van der Waals surface area contributed by atoms with E-state index in [2.05, 4.69) is 6.92 Å². The molecule has 1 heterocycles. The summed E-state index contributed by atoms with van der Waals surface area (Å²) in [7, 11) is 0. The topological polar surface area (TPSA) is 26.3 Å². The predicted octanol–water partition coefficient (Wildman–Crippen LogP) is 2.17. The molecule has 0 aromatic rings. The fourth-order valence-electron chi connectivity index (χ4n) is 1.95. The normalized spacial score (nSPS) is 31.1. The summed E-state index contributed by atoms with van der Waals surface area (Å²) < 4.78 is 5.34.